The van der Waals surface area contributed by atoms with Crippen molar-refractivity contribution in [3.8, 4) is 0 Å². The van der Waals surface area contributed by atoms with Crippen molar-refractivity contribution in [3.63, 3.8) is 0 Å². The van der Waals surface area contributed by atoms with E-state index in [4.69, 9.17) is 9.84 Å². The highest BCUT2D eigenvalue weighted by atomic mass is 16.5. The summed E-state index contributed by atoms with van der Waals surface area (Å²) in [5.41, 5.74) is 0. The number of methoxy groups -OCH3 is 1. The second kappa shape index (κ2) is 8.15. The smallest absolute Gasteiger partial charge is 0.306 e. The number of ether oxygens (including phenoxy) is 1. The van der Waals surface area contributed by atoms with E-state index in [9.17, 15) is 9.59 Å². The topological polar surface area (TPSA) is 75.6 Å². The SMILES string of the molecule is CCCC(COC)NC(=O)C1CCC(C(=O)O)CC1. The van der Waals surface area contributed by atoms with Crippen LogP contribution in [-0.4, -0.2) is 36.7 Å². The molecule has 1 aliphatic carbocycles. The molecule has 1 amide bonds. The van der Waals surface area contributed by atoms with Gasteiger partial charge in [0.25, 0.3) is 0 Å². The fourth-order valence-corrected chi connectivity index (χ4v) is 2.67. The summed E-state index contributed by atoms with van der Waals surface area (Å²) in [5, 5.41) is 12.0. The largest absolute Gasteiger partial charge is 0.481 e. The van der Waals surface area contributed by atoms with Crippen LogP contribution in [0.25, 0.3) is 0 Å². The lowest BCUT2D eigenvalue weighted by Gasteiger charge is -2.27. The molecule has 1 unspecified atom stereocenters. The number of carbonyl (C=O) groups excluding carboxylic acids is 1. The minimum Gasteiger partial charge on any atom is -0.481 e. The van der Waals surface area contributed by atoms with Gasteiger partial charge in [-0.1, -0.05) is 13.3 Å². The molecule has 19 heavy (non-hydrogen) atoms. The Kier molecular flexibility index (Phi) is 6.84. The molecule has 0 spiro atoms. The van der Waals surface area contributed by atoms with Gasteiger partial charge in [-0.15, -0.1) is 0 Å². The van der Waals surface area contributed by atoms with Gasteiger partial charge in [-0.3, -0.25) is 9.59 Å². The van der Waals surface area contributed by atoms with Crippen LogP contribution in [0.15, 0.2) is 0 Å². The van der Waals surface area contributed by atoms with Crippen LogP contribution in [0, 0.1) is 11.8 Å². The lowest BCUT2D eigenvalue weighted by Crippen LogP contribution is -2.42. The van der Waals surface area contributed by atoms with Crippen molar-refractivity contribution in [1.82, 2.24) is 5.32 Å². The summed E-state index contributed by atoms with van der Waals surface area (Å²) in [6, 6.07) is 0.0692. The molecular formula is C14H25NO4. The Morgan fingerprint density at radius 1 is 1.26 bits per heavy atom. The molecule has 0 aliphatic heterocycles. The van der Waals surface area contributed by atoms with Crippen molar-refractivity contribution in [2.45, 2.75) is 51.5 Å². The molecule has 5 nitrogen and oxygen atoms in total. The number of carbonyl (C=O) groups is 2. The van der Waals surface area contributed by atoms with E-state index in [1.54, 1.807) is 7.11 Å². The number of amides is 1. The average molecular weight is 271 g/mol. The molecule has 0 radical (unpaired) electrons. The zero-order chi connectivity index (χ0) is 14.3. The summed E-state index contributed by atoms with van der Waals surface area (Å²) in [6.07, 6.45) is 4.47. The highest BCUT2D eigenvalue weighted by Gasteiger charge is 2.30. The summed E-state index contributed by atoms with van der Waals surface area (Å²) < 4.78 is 5.10. The molecule has 2 N–H and O–H groups in total. The van der Waals surface area contributed by atoms with Gasteiger partial charge in [-0.25, -0.2) is 0 Å². The second-order valence-electron chi connectivity index (χ2n) is 5.34. The van der Waals surface area contributed by atoms with Crippen molar-refractivity contribution >= 4 is 11.9 Å². The molecule has 0 saturated heterocycles. The third-order valence-electron chi connectivity index (χ3n) is 3.80. The van der Waals surface area contributed by atoms with Crippen LogP contribution in [0.1, 0.15) is 45.4 Å². The number of aliphatic carboxylic acids is 1. The van der Waals surface area contributed by atoms with Crippen LogP contribution in [0.5, 0.6) is 0 Å². The molecule has 1 fully saturated rings. The molecule has 0 bridgehead atoms. The van der Waals surface area contributed by atoms with Crippen LogP contribution < -0.4 is 5.32 Å². The Morgan fingerprint density at radius 2 is 1.84 bits per heavy atom. The van der Waals surface area contributed by atoms with E-state index < -0.39 is 5.97 Å². The molecular weight excluding hydrogens is 246 g/mol. The Bertz CT molecular complexity index is 292. The first-order valence-corrected chi connectivity index (χ1v) is 7.10. The molecule has 0 aromatic carbocycles. The first-order valence-electron chi connectivity index (χ1n) is 7.10. The molecule has 1 aliphatic rings. The summed E-state index contributed by atoms with van der Waals surface area (Å²) in [7, 11) is 1.63. The van der Waals surface area contributed by atoms with Gasteiger partial charge < -0.3 is 15.2 Å². The third kappa shape index (κ3) is 5.19. The van der Waals surface area contributed by atoms with Crippen molar-refractivity contribution < 1.29 is 19.4 Å². The minimum atomic E-state index is -0.734. The number of nitrogens with one attached hydrogen (secondary N) is 1. The van der Waals surface area contributed by atoms with E-state index in [1.807, 2.05) is 0 Å². The maximum Gasteiger partial charge on any atom is 0.306 e. The molecule has 1 saturated carbocycles. The third-order valence-corrected chi connectivity index (χ3v) is 3.80. The Hall–Kier alpha value is -1.10. The zero-order valence-corrected chi connectivity index (χ0v) is 11.9. The maximum absolute atomic E-state index is 12.1. The first-order chi connectivity index (χ1) is 9.08. The Morgan fingerprint density at radius 3 is 2.32 bits per heavy atom. The van der Waals surface area contributed by atoms with Crippen LogP contribution in [0.3, 0.4) is 0 Å². The highest BCUT2D eigenvalue weighted by molar-refractivity contribution is 5.79. The molecule has 1 atom stereocenters. The van der Waals surface area contributed by atoms with Crippen LogP contribution in [0.2, 0.25) is 0 Å². The van der Waals surface area contributed by atoms with Crippen molar-refractivity contribution in [1.29, 1.82) is 0 Å². The van der Waals surface area contributed by atoms with Gasteiger partial charge >= 0.3 is 5.97 Å². The summed E-state index contributed by atoms with van der Waals surface area (Å²) in [4.78, 5) is 23.0. The number of rotatable bonds is 7. The number of hydrogen-bond donors (Lipinski definition) is 2. The lowest BCUT2D eigenvalue weighted by atomic mass is 9.81. The molecule has 5 heteroatoms. The quantitative estimate of drug-likeness (QED) is 0.740. The molecule has 1 rings (SSSR count). The zero-order valence-electron chi connectivity index (χ0n) is 11.9. The van der Waals surface area contributed by atoms with Gasteiger partial charge in [0.2, 0.25) is 5.91 Å². The molecule has 0 heterocycles. The van der Waals surface area contributed by atoms with Crippen LogP contribution in [0.4, 0.5) is 0 Å². The van der Waals surface area contributed by atoms with Crippen molar-refractivity contribution in [2.24, 2.45) is 11.8 Å². The molecule has 0 aromatic heterocycles. The van der Waals surface area contributed by atoms with Gasteiger partial charge in [0.15, 0.2) is 0 Å². The predicted octanol–water partition coefficient (Wildman–Crippen LogP) is 1.81. The Labute approximate surface area is 114 Å². The van der Waals surface area contributed by atoms with Gasteiger partial charge in [0.05, 0.1) is 18.6 Å². The van der Waals surface area contributed by atoms with E-state index in [-0.39, 0.29) is 23.8 Å². The number of carboxylic acid groups (broad SMARTS) is 1. The van der Waals surface area contributed by atoms with Crippen molar-refractivity contribution in [3.05, 3.63) is 0 Å². The van der Waals surface area contributed by atoms with E-state index in [0.717, 1.165) is 12.8 Å². The van der Waals surface area contributed by atoms with E-state index in [1.165, 1.54) is 0 Å². The summed E-state index contributed by atoms with van der Waals surface area (Å²) >= 11 is 0. The Balaban J connectivity index is 2.39. The van der Waals surface area contributed by atoms with Gasteiger partial charge in [-0.05, 0) is 32.1 Å². The normalized spacial score (nSPS) is 24.7. The molecule has 0 aromatic rings. The van der Waals surface area contributed by atoms with Gasteiger partial charge in [-0.2, -0.15) is 0 Å². The van der Waals surface area contributed by atoms with E-state index >= 15 is 0 Å². The number of hydrogen-bond acceptors (Lipinski definition) is 3. The monoisotopic (exact) mass is 271 g/mol. The fourth-order valence-electron chi connectivity index (χ4n) is 2.67. The summed E-state index contributed by atoms with van der Waals surface area (Å²) in [5.74, 6) is -0.984. The lowest BCUT2D eigenvalue weighted by molar-refractivity contribution is -0.144. The highest BCUT2D eigenvalue weighted by Crippen LogP contribution is 2.29. The minimum absolute atomic E-state index is 0.0354. The van der Waals surface area contributed by atoms with Crippen molar-refractivity contribution in [2.75, 3.05) is 13.7 Å². The molecule has 110 valence electrons. The van der Waals surface area contributed by atoms with E-state index in [2.05, 4.69) is 12.2 Å². The predicted molar refractivity (Wildman–Crippen MR) is 71.8 cm³/mol. The standard InChI is InChI=1S/C14H25NO4/c1-3-4-12(9-19-2)15-13(16)10-5-7-11(8-6-10)14(17)18/h10-12H,3-9H2,1-2H3,(H,15,16)(H,17,18). The summed E-state index contributed by atoms with van der Waals surface area (Å²) in [6.45, 7) is 2.61. The van der Waals surface area contributed by atoms with Crippen LogP contribution >= 0.6 is 0 Å². The maximum atomic E-state index is 12.1. The fraction of sp³-hybridized carbons (Fsp3) is 0.857. The average Bonchev–Trinajstić information content (AvgIpc) is 2.39. The van der Waals surface area contributed by atoms with Crippen LogP contribution in [-0.2, 0) is 14.3 Å². The van der Waals surface area contributed by atoms with Gasteiger partial charge in [0.1, 0.15) is 0 Å². The number of carboxylic acids is 1. The van der Waals surface area contributed by atoms with Gasteiger partial charge in [0, 0.05) is 13.0 Å². The first kappa shape index (κ1) is 16.0. The van der Waals surface area contributed by atoms with E-state index in [0.29, 0.717) is 32.3 Å². The second-order valence-corrected chi connectivity index (χ2v) is 5.34.